The van der Waals surface area contributed by atoms with E-state index in [9.17, 15) is 28.1 Å². The molecule has 0 unspecified atom stereocenters. The standard InChI is InChI=1S/C23H22F3N3O3/c24-23(25,26)17-7-3-2-6-16(17)18-12-20(29(31)32)19(14-27-18)28-21(30)15-8-11-22(13-15)9-4-1-5-10-22/h2-3,6-8,12,14H,1,4-5,9-11,13H2,(H,28,30). The number of anilines is 1. The van der Waals surface area contributed by atoms with Crippen molar-refractivity contribution < 1.29 is 22.9 Å². The van der Waals surface area contributed by atoms with Crippen molar-refractivity contribution in [3.05, 3.63) is 63.9 Å². The first-order valence-electron chi connectivity index (χ1n) is 10.5. The number of nitrogens with one attached hydrogen (secondary N) is 1. The number of nitro groups is 1. The summed E-state index contributed by atoms with van der Waals surface area (Å²) >= 11 is 0. The number of amides is 1. The zero-order chi connectivity index (χ0) is 22.9. The van der Waals surface area contributed by atoms with E-state index in [1.807, 2.05) is 6.08 Å². The van der Waals surface area contributed by atoms with Gasteiger partial charge in [-0.3, -0.25) is 19.9 Å². The van der Waals surface area contributed by atoms with Gasteiger partial charge >= 0.3 is 6.18 Å². The van der Waals surface area contributed by atoms with Crippen LogP contribution in [0.15, 0.2) is 48.2 Å². The molecule has 168 valence electrons. The van der Waals surface area contributed by atoms with E-state index < -0.39 is 28.3 Å². The average molecular weight is 445 g/mol. The van der Waals surface area contributed by atoms with Crippen LogP contribution in [-0.2, 0) is 11.0 Å². The molecular formula is C23H22F3N3O3. The van der Waals surface area contributed by atoms with Crippen molar-refractivity contribution in [3.63, 3.8) is 0 Å². The fourth-order valence-corrected chi connectivity index (χ4v) is 4.74. The molecule has 1 fully saturated rings. The van der Waals surface area contributed by atoms with Crippen LogP contribution in [-0.4, -0.2) is 15.8 Å². The van der Waals surface area contributed by atoms with Gasteiger partial charge in [0.15, 0.2) is 0 Å². The minimum atomic E-state index is -4.63. The van der Waals surface area contributed by atoms with Gasteiger partial charge < -0.3 is 5.32 Å². The fourth-order valence-electron chi connectivity index (χ4n) is 4.74. The zero-order valence-corrected chi connectivity index (χ0v) is 17.2. The molecule has 2 aliphatic rings. The fraction of sp³-hybridized carbons (Fsp3) is 0.391. The van der Waals surface area contributed by atoms with E-state index in [0.717, 1.165) is 50.4 Å². The molecule has 0 atom stereocenters. The molecule has 9 heteroatoms. The van der Waals surface area contributed by atoms with Gasteiger partial charge in [-0.1, -0.05) is 43.5 Å². The third-order valence-electron chi connectivity index (χ3n) is 6.39. The largest absolute Gasteiger partial charge is 0.417 e. The summed E-state index contributed by atoms with van der Waals surface area (Å²) in [7, 11) is 0. The Bertz CT molecular complexity index is 1090. The number of benzene rings is 1. The monoisotopic (exact) mass is 445 g/mol. The van der Waals surface area contributed by atoms with E-state index in [-0.39, 0.29) is 22.4 Å². The van der Waals surface area contributed by atoms with Crippen molar-refractivity contribution in [1.82, 2.24) is 4.98 Å². The van der Waals surface area contributed by atoms with Crippen LogP contribution in [0.2, 0.25) is 0 Å². The van der Waals surface area contributed by atoms with E-state index in [2.05, 4.69) is 10.3 Å². The summed E-state index contributed by atoms with van der Waals surface area (Å²) < 4.78 is 40.0. The van der Waals surface area contributed by atoms with Gasteiger partial charge in [0.05, 0.1) is 22.4 Å². The zero-order valence-electron chi connectivity index (χ0n) is 17.2. The number of aromatic nitrogens is 1. The lowest BCUT2D eigenvalue weighted by Crippen LogP contribution is -2.23. The van der Waals surface area contributed by atoms with Crippen molar-refractivity contribution in [2.45, 2.75) is 51.1 Å². The second kappa shape index (κ2) is 8.37. The molecule has 1 saturated carbocycles. The van der Waals surface area contributed by atoms with Crippen LogP contribution in [0.3, 0.4) is 0 Å². The molecule has 2 aromatic rings. The van der Waals surface area contributed by atoms with Crippen LogP contribution >= 0.6 is 0 Å². The maximum atomic E-state index is 13.3. The Hall–Kier alpha value is -3.23. The maximum Gasteiger partial charge on any atom is 0.417 e. The van der Waals surface area contributed by atoms with Crippen LogP contribution in [0.25, 0.3) is 11.3 Å². The first-order valence-corrected chi connectivity index (χ1v) is 10.5. The van der Waals surface area contributed by atoms with E-state index >= 15 is 0 Å². The number of allylic oxidation sites excluding steroid dienone is 1. The van der Waals surface area contributed by atoms with Crippen LogP contribution in [0, 0.1) is 15.5 Å². The number of carbonyl (C=O) groups is 1. The lowest BCUT2D eigenvalue weighted by Gasteiger charge is -2.33. The Morgan fingerprint density at radius 3 is 2.56 bits per heavy atom. The molecule has 1 heterocycles. The highest BCUT2D eigenvalue weighted by atomic mass is 19.4. The van der Waals surface area contributed by atoms with Gasteiger partial charge in [-0.25, -0.2) is 0 Å². The highest BCUT2D eigenvalue weighted by Gasteiger charge is 2.38. The molecule has 1 amide bonds. The quantitative estimate of drug-likeness (QED) is 0.443. The summed E-state index contributed by atoms with van der Waals surface area (Å²) in [6, 6.07) is 5.71. The van der Waals surface area contributed by atoms with Crippen LogP contribution in [0.4, 0.5) is 24.5 Å². The van der Waals surface area contributed by atoms with Crippen LogP contribution in [0.5, 0.6) is 0 Å². The van der Waals surface area contributed by atoms with Crippen molar-refractivity contribution >= 4 is 17.3 Å². The first kappa shape index (κ1) is 22.0. The smallest absolute Gasteiger partial charge is 0.315 e. The molecule has 0 bridgehead atoms. The van der Waals surface area contributed by atoms with E-state index in [0.29, 0.717) is 12.0 Å². The molecule has 6 nitrogen and oxygen atoms in total. The molecule has 0 aliphatic heterocycles. The summed E-state index contributed by atoms with van der Waals surface area (Å²) in [5, 5.41) is 14.2. The Morgan fingerprint density at radius 1 is 1.16 bits per heavy atom. The lowest BCUT2D eigenvalue weighted by atomic mass is 9.72. The molecule has 32 heavy (non-hydrogen) atoms. The van der Waals surface area contributed by atoms with Gasteiger partial charge in [0.25, 0.3) is 11.6 Å². The second-order valence-electron chi connectivity index (χ2n) is 8.51. The van der Waals surface area contributed by atoms with Crippen molar-refractivity contribution in [3.8, 4) is 11.3 Å². The first-order chi connectivity index (χ1) is 15.2. The number of halogens is 3. The topological polar surface area (TPSA) is 85.1 Å². The van der Waals surface area contributed by atoms with Gasteiger partial charge in [0, 0.05) is 17.2 Å². The van der Waals surface area contributed by atoms with Gasteiger partial charge in [0.2, 0.25) is 0 Å². The number of rotatable bonds is 4. The number of hydrogen-bond acceptors (Lipinski definition) is 4. The minimum absolute atomic E-state index is 0.111. The number of hydrogen-bond donors (Lipinski definition) is 1. The molecule has 0 saturated heterocycles. The molecule has 0 radical (unpaired) electrons. The van der Waals surface area contributed by atoms with Gasteiger partial charge in [0.1, 0.15) is 5.69 Å². The van der Waals surface area contributed by atoms with Gasteiger partial charge in [-0.15, -0.1) is 0 Å². The summed E-state index contributed by atoms with van der Waals surface area (Å²) in [5.74, 6) is -0.430. The molecular weight excluding hydrogens is 423 g/mol. The van der Waals surface area contributed by atoms with Crippen LogP contribution in [0.1, 0.15) is 50.5 Å². The predicted octanol–water partition coefficient (Wildman–Crippen LogP) is 6.28. The van der Waals surface area contributed by atoms with E-state index in [1.54, 1.807) is 0 Å². The van der Waals surface area contributed by atoms with E-state index in [4.69, 9.17) is 0 Å². The van der Waals surface area contributed by atoms with Gasteiger partial charge in [-0.2, -0.15) is 13.2 Å². The molecule has 2 aliphatic carbocycles. The lowest BCUT2D eigenvalue weighted by molar-refractivity contribution is -0.383. The molecule has 4 rings (SSSR count). The average Bonchev–Trinajstić information content (AvgIpc) is 3.17. The minimum Gasteiger partial charge on any atom is -0.315 e. The summed E-state index contributed by atoms with van der Waals surface area (Å²) in [6.07, 6.45) is 5.37. The molecule has 1 spiro atoms. The summed E-state index contributed by atoms with van der Waals surface area (Å²) in [6.45, 7) is 0. The summed E-state index contributed by atoms with van der Waals surface area (Å²) in [4.78, 5) is 27.7. The SMILES string of the molecule is O=C(Nc1cnc(-c2ccccc2C(F)(F)F)cc1[N+](=O)[O-])C1=CCC2(CCCCC2)C1. The normalized spacial score (nSPS) is 17.8. The highest BCUT2D eigenvalue weighted by Crippen LogP contribution is 2.48. The van der Waals surface area contributed by atoms with E-state index in [1.165, 1.54) is 24.6 Å². The Kier molecular flexibility index (Phi) is 5.75. The predicted molar refractivity (Wildman–Crippen MR) is 113 cm³/mol. The maximum absolute atomic E-state index is 13.3. The van der Waals surface area contributed by atoms with Gasteiger partial charge in [-0.05, 0) is 37.2 Å². The number of carbonyl (C=O) groups excluding carboxylic acids is 1. The third kappa shape index (κ3) is 4.37. The van der Waals surface area contributed by atoms with Crippen LogP contribution < -0.4 is 5.32 Å². The van der Waals surface area contributed by atoms with Crippen molar-refractivity contribution in [2.75, 3.05) is 5.32 Å². The Morgan fingerprint density at radius 2 is 1.88 bits per heavy atom. The Labute approximate surface area is 182 Å². The second-order valence-corrected chi connectivity index (χ2v) is 8.51. The number of pyridine rings is 1. The molecule has 1 aromatic heterocycles. The molecule has 1 N–H and O–H groups in total. The van der Waals surface area contributed by atoms with Crippen molar-refractivity contribution in [1.29, 1.82) is 0 Å². The highest BCUT2D eigenvalue weighted by molar-refractivity contribution is 6.05. The molecule has 1 aromatic carbocycles. The van der Waals surface area contributed by atoms with Crippen molar-refractivity contribution in [2.24, 2.45) is 5.41 Å². The third-order valence-corrected chi connectivity index (χ3v) is 6.39. The number of nitrogens with zero attached hydrogens (tertiary/aromatic N) is 2. The summed E-state index contributed by atoms with van der Waals surface area (Å²) in [5.41, 5.74) is -1.34. The number of alkyl halides is 3. The Balaban J connectivity index is 1.59.